The predicted molar refractivity (Wildman–Crippen MR) is 60.4 cm³/mol. The van der Waals surface area contributed by atoms with Crippen LogP contribution in [0.2, 0.25) is 0 Å². The Bertz CT molecular complexity index is 452. The van der Waals surface area contributed by atoms with E-state index in [1.807, 2.05) is 25.3 Å². The number of nitrogens with zero attached hydrogens (tertiary/aromatic N) is 2. The molecule has 0 aliphatic heterocycles. The highest BCUT2D eigenvalue weighted by atomic mass is 14.8. The molecule has 3 heteroatoms. The van der Waals surface area contributed by atoms with Crippen LogP contribution in [0.5, 0.6) is 0 Å². The van der Waals surface area contributed by atoms with Crippen LogP contribution in [0.4, 0.5) is 5.82 Å². The molecule has 0 bridgehead atoms. The summed E-state index contributed by atoms with van der Waals surface area (Å²) in [6, 6.07) is 6.03. The molecule has 76 valence electrons. The molecule has 0 aliphatic carbocycles. The van der Waals surface area contributed by atoms with E-state index in [1.54, 1.807) is 12.4 Å². The second-order valence-corrected chi connectivity index (χ2v) is 3.60. The number of pyridine rings is 2. The van der Waals surface area contributed by atoms with Gasteiger partial charge in [-0.3, -0.25) is 4.98 Å². The summed E-state index contributed by atoms with van der Waals surface area (Å²) in [5, 5.41) is 0. The first-order chi connectivity index (χ1) is 7.25. The fourth-order valence-electron chi connectivity index (χ4n) is 1.50. The van der Waals surface area contributed by atoms with Crippen molar-refractivity contribution in [1.82, 2.24) is 9.97 Å². The molecule has 0 saturated heterocycles. The summed E-state index contributed by atoms with van der Waals surface area (Å²) < 4.78 is 0. The van der Waals surface area contributed by atoms with E-state index < -0.39 is 0 Å². The first kappa shape index (κ1) is 9.65. The van der Waals surface area contributed by atoms with Crippen molar-refractivity contribution in [2.75, 3.05) is 5.73 Å². The first-order valence-electron chi connectivity index (χ1n) is 4.85. The van der Waals surface area contributed by atoms with E-state index in [0.29, 0.717) is 5.82 Å². The van der Waals surface area contributed by atoms with E-state index in [0.717, 1.165) is 23.1 Å². The highest BCUT2D eigenvalue weighted by Crippen LogP contribution is 2.14. The Hall–Kier alpha value is -1.90. The quantitative estimate of drug-likeness (QED) is 0.804. The Morgan fingerprint density at radius 2 is 2.20 bits per heavy atom. The lowest BCUT2D eigenvalue weighted by Crippen LogP contribution is -1.99. The third-order valence-electron chi connectivity index (χ3n) is 2.26. The molecule has 0 fully saturated rings. The third kappa shape index (κ3) is 2.31. The van der Waals surface area contributed by atoms with Crippen molar-refractivity contribution < 1.29 is 0 Å². The standard InChI is InChI=1S/C12H13N3/c1-9-5-11(12(13)15-7-9)6-10-3-2-4-14-8-10/h2-5,7-8H,6H2,1H3,(H2,13,15). The second-order valence-electron chi connectivity index (χ2n) is 3.60. The third-order valence-corrected chi connectivity index (χ3v) is 2.26. The molecule has 0 spiro atoms. The molecule has 0 atom stereocenters. The van der Waals surface area contributed by atoms with Crippen LogP contribution in [0.25, 0.3) is 0 Å². The van der Waals surface area contributed by atoms with Crippen molar-refractivity contribution in [3.05, 3.63) is 53.5 Å². The van der Waals surface area contributed by atoms with Crippen molar-refractivity contribution in [3.63, 3.8) is 0 Å². The molecule has 3 nitrogen and oxygen atoms in total. The maximum atomic E-state index is 5.81. The normalized spacial score (nSPS) is 10.2. The van der Waals surface area contributed by atoms with Gasteiger partial charge in [0.15, 0.2) is 0 Å². The van der Waals surface area contributed by atoms with Gasteiger partial charge in [0.25, 0.3) is 0 Å². The van der Waals surface area contributed by atoms with Crippen LogP contribution in [-0.2, 0) is 6.42 Å². The molecule has 0 aromatic carbocycles. The van der Waals surface area contributed by atoms with Crippen molar-refractivity contribution in [1.29, 1.82) is 0 Å². The minimum atomic E-state index is 0.601. The molecule has 2 rings (SSSR count). The smallest absolute Gasteiger partial charge is 0.126 e. The lowest BCUT2D eigenvalue weighted by molar-refractivity contribution is 1.11. The molecular formula is C12H13N3. The Labute approximate surface area is 89.0 Å². The van der Waals surface area contributed by atoms with E-state index in [1.165, 1.54) is 0 Å². The highest BCUT2D eigenvalue weighted by Gasteiger charge is 2.02. The number of nitrogen functional groups attached to an aromatic ring is 1. The van der Waals surface area contributed by atoms with Crippen molar-refractivity contribution in [2.24, 2.45) is 0 Å². The summed E-state index contributed by atoms with van der Waals surface area (Å²) >= 11 is 0. The van der Waals surface area contributed by atoms with Crippen LogP contribution in [0.1, 0.15) is 16.7 Å². The summed E-state index contributed by atoms with van der Waals surface area (Å²) in [4.78, 5) is 8.20. The van der Waals surface area contributed by atoms with E-state index in [2.05, 4.69) is 16.0 Å². The van der Waals surface area contributed by atoms with Gasteiger partial charge in [-0.2, -0.15) is 0 Å². The van der Waals surface area contributed by atoms with Crippen LogP contribution in [0.3, 0.4) is 0 Å². The maximum Gasteiger partial charge on any atom is 0.126 e. The summed E-state index contributed by atoms with van der Waals surface area (Å²) in [6.45, 7) is 2.01. The zero-order valence-corrected chi connectivity index (χ0v) is 8.64. The zero-order chi connectivity index (χ0) is 10.7. The van der Waals surface area contributed by atoms with Crippen molar-refractivity contribution >= 4 is 5.82 Å². The number of aromatic nitrogens is 2. The zero-order valence-electron chi connectivity index (χ0n) is 8.64. The summed E-state index contributed by atoms with van der Waals surface area (Å²) in [5.41, 5.74) is 9.14. The topological polar surface area (TPSA) is 51.8 Å². The molecule has 2 N–H and O–H groups in total. The van der Waals surface area contributed by atoms with Crippen LogP contribution in [0, 0.1) is 6.92 Å². The number of hydrogen-bond donors (Lipinski definition) is 1. The van der Waals surface area contributed by atoms with Crippen molar-refractivity contribution in [2.45, 2.75) is 13.3 Å². The molecule has 0 radical (unpaired) electrons. The fourth-order valence-corrected chi connectivity index (χ4v) is 1.50. The predicted octanol–water partition coefficient (Wildman–Crippen LogP) is 1.96. The molecule has 0 saturated carbocycles. The maximum absolute atomic E-state index is 5.81. The van der Waals surface area contributed by atoms with Crippen molar-refractivity contribution in [3.8, 4) is 0 Å². The van der Waals surface area contributed by atoms with Gasteiger partial charge in [0.1, 0.15) is 5.82 Å². The number of anilines is 1. The highest BCUT2D eigenvalue weighted by molar-refractivity contribution is 5.43. The average molecular weight is 199 g/mol. The van der Waals surface area contributed by atoms with Gasteiger partial charge in [-0.25, -0.2) is 4.98 Å². The number of aryl methyl sites for hydroxylation is 1. The molecule has 0 unspecified atom stereocenters. The van der Waals surface area contributed by atoms with Gasteiger partial charge in [-0.1, -0.05) is 12.1 Å². The molecule has 2 aromatic heterocycles. The molecule has 2 aromatic rings. The Morgan fingerprint density at radius 3 is 2.93 bits per heavy atom. The summed E-state index contributed by atoms with van der Waals surface area (Å²) in [5.74, 6) is 0.601. The second kappa shape index (κ2) is 4.09. The minimum absolute atomic E-state index is 0.601. The molecular weight excluding hydrogens is 186 g/mol. The van der Waals surface area contributed by atoms with Gasteiger partial charge in [0.05, 0.1) is 0 Å². The number of nitrogens with two attached hydrogens (primary N) is 1. The summed E-state index contributed by atoms with van der Waals surface area (Å²) in [7, 11) is 0. The van der Waals surface area contributed by atoms with Crippen LogP contribution in [-0.4, -0.2) is 9.97 Å². The van der Waals surface area contributed by atoms with Crippen LogP contribution >= 0.6 is 0 Å². The molecule has 0 aliphatic rings. The number of hydrogen-bond acceptors (Lipinski definition) is 3. The van der Waals surface area contributed by atoms with Gasteiger partial charge >= 0.3 is 0 Å². The van der Waals surface area contributed by atoms with E-state index >= 15 is 0 Å². The van der Waals surface area contributed by atoms with E-state index in [-0.39, 0.29) is 0 Å². The SMILES string of the molecule is Cc1cnc(N)c(Cc2cccnc2)c1. The van der Waals surface area contributed by atoms with E-state index in [4.69, 9.17) is 5.73 Å². The first-order valence-corrected chi connectivity index (χ1v) is 4.85. The number of rotatable bonds is 2. The largest absolute Gasteiger partial charge is 0.383 e. The minimum Gasteiger partial charge on any atom is -0.383 e. The molecule has 2 heterocycles. The fraction of sp³-hybridized carbons (Fsp3) is 0.167. The Morgan fingerprint density at radius 1 is 1.33 bits per heavy atom. The van der Waals surface area contributed by atoms with Gasteiger partial charge < -0.3 is 5.73 Å². The molecule has 15 heavy (non-hydrogen) atoms. The molecule has 0 amide bonds. The van der Waals surface area contributed by atoms with Gasteiger partial charge in [-0.15, -0.1) is 0 Å². The van der Waals surface area contributed by atoms with Crippen LogP contribution < -0.4 is 5.73 Å². The van der Waals surface area contributed by atoms with Gasteiger partial charge in [0, 0.05) is 25.0 Å². The van der Waals surface area contributed by atoms with Gasteiger partial charge in [-0.05, 0) is 29.7 Å². The van der Waals surface area contributed by atoms with Crippen LogP contribution in [0.15, 0.2) is 36.8 Å². The Balaban J connectivity index is 2.28. The summed E-state index contributed by atoms with van der Waals surface area (Å²) in [6.07, 6.45) is 6.18. The average Bonchev–Trinajstić information content (AvgIpc) is 2.25. The monoisotopic (exact) mass is 199 g/mol. The lowest BCUT2D eigenvalue weighted by atomic mass is 10.1. The van der Waals surface area contributed by atoms with E-state index in [9.17, 15) is 0 Å². The van der Waals surface area contributed by atoms with Gasteiger partial charge in [0.2, 0.25) is 0 Å². The Kier molecular flexibility index (Phi) is 2.63. The lowest BCUT2D eigenvalue weighted by Gasteiger charge is -2.05.